The molecule has 1 aromatic carbocycles. The molecule has 2 aromatic heterocycles. The first-order chi connectivity index (χ1) is 11.3. The fraction of sp³-hybridized carbons (Fsp3) is 0.222. The van der Waals surface area contributed by atoms with Gasteiger partial charge in [0.15, 0.2) is 0 Å². The predicted molar refractivity (Wildman–Crippen MR) is 90.7 cm³/mol. The average Bonchev–Trinajstić information content (AvgIpc) is 3.10. The molecule has 4 rings (SSSR count). The molecule has 0 bridgehead atoms. The first-order valence-corrected chi connectivity index (χ1v) is 7.83. The fourth-order valence-electron chi connectivity index (χ4n) is 3.07. The van der Waals surface area contributed by atoms with Crippen LogP contribution < -0.4 is 4.90 Å². The summed E-state index contributed by atoms with van der Waals surface area (Å²) in [4.78, 5) is 24.2. The van der Waals surface area contributed by atoms with E-state index in [1.54, 1.807) is 6.20 Å². The Balaban J connectivity index is 1.46. The molecule has 3 heterocycles. The van der Waals surface area contributed by atoms with E-state index in [4.69, 9.17) is 0 Å². The topological polar surface area (TPSA) is 52.2 Å². The first kappa shape index (κ1) is 13.8. The summed E-state index contributed by atoms with van der Waals surface area (Å²) in [5.41, 5.74) is 2.87. The molecule has 0 radical (unpaired) electrons. The van der Waals surface area contributed by atoms with Crippen molar-refractivity contribution < 1.29 is 4.79 Å². The Hall–Kier alpha value is -2.82. The van der Waals surface area contributed by atoms with Gasteiger partial charge in [0.25, 0.3) is 5.91 Å². The number of nitrogens with zero attached hydrogens (tertiary/aromatic N) is 3. The van der Waals surface area contributed by atoms with Gasteiger partial charge < -0.3 is 14.8 Å². The van der Waals surface area contributed by atoms with Gasteiger partial charge in [0.1, 0.15) is 0 Å². The van der Waals surface area contributed by atoms with Crippen molar-refractivity contribution in [2.45, 2.75) is 0 Å². The highest BCUT2D eigenvalue weighted by Crippen LogP contribution is 2.18. The highest BCUT2D eigenvalue weighted by atomic mass is 16.2. The molecule has 1 N–H and O–H groups in total. The number of fused-ring (bicyclic) bond motifs is 1. The molecule has 1 saturated heterocycles. The Morgan fingerprint density at radius 3 is 2.74 bits per heavy atom. The zero-order chi connectivity index (χ0) is 15.6. The van der Waals surface area contributed by atoms with E-state index in [1.165, 1.54) is 0 Å². The van der Waals surface area contributed by atoms with E-state index in [-0.39, 0.29) is 5.91 Å². The van der Waals surface area contributed by atoms with Gasteiger partial charge in [0.05, 0.1) is 11.9 Å². The minimum Gasteiger partial charge on any atom is -0.367 e. The Morgan fingerprint density at radius 1 is 1.09 bits per heavy atom. The molecule has 116 valence electrons. The predicted octanol–water partition coefficient (Wildman–Crippen LogP) is 2.53. The molecule has 3 aromatic rings. The van der Waals surface area contributed by atoms with Crippen LogP contribution in [0, 0.1) is 0 Å². The summed E-state index contributed by atoms with van der Waals surface area (Å²) in [6, 6.07) is 11.8. The van der Waals surface area contributed by atoms with Crippen molar-refractivity contribution in [3.8, 4) is 0 Å². The normalized spacial score (nSPS) is 15.1. The van der Waals surface area contributed by atoms with Gasteiger partial charge in [-0.1, -0.05) is 6.07 Å². The molecule has 0 atom stereocenters. The molecule has 5 heteroatoms. The van der Waals surface area contributed by atoms with E-state index in [9.17, 15) is 4.79 Å². The number of nitrogens with one attached hydrogen (secondary N) is 1. The molecular formula is C18H18N4O. The number of hydrogen-bond donors (Lipinski definition) is 1. The third kappa shape index (κ3) is 2.65. The zero-order valence-corrected chi connectivity index (χ0v) is 12.8. The van der Waals surface area contributed by atoms with Crippen molar-refractivity contribution in [1.82, 2.24) is 14.9 Å². The zero-order valence-electron chi connectivity index (χ0n) is 12.8. The molecular weight excluding hydrogens is 288 g/mol. The lowest BCUT2D eigenvalue weighted by Crippen LogP contribution is -2.48. The van der Waals surface area contributed by atoms with Crippen molar-refractivity contribution >= 4 is 22.5 Å². The van der Waals surface area contributed by atoms with Crippen molar-refractivity contribution in [1.29, 1.82) is 0 Å². The molecule has 1 aliphatic heterocycles. The number of aromatic nitrogens is 2. The van der Waals surface area contributed by atoms with Crippen LogP contribution in [0.25, 0.3) is 10.9 Å². The third-order valence-electron chi connectivity index (χ3n) is 4.38. The summed E-state index contributed by atoms with van der Waals surface area (Å²) < 4.78 is 0. The van der Waals surface area contributed by atoms with Gasteiger partial charge in [-0.05, 0) is 35.7 Å². The molecule has 1 fully saturated rings. The molecule has 0 aliphatic carbocycles. The van der Waals surface area contributed by atoms with Gasteiger partial charge in [-0.2, -0.15) is 0 Å². The second-order valence-corrected chi connectivity index (χ2v) is 5.77. The number of anilines is 1. The summed E-state index contributed by atoms with van der Waals surface area (Å²) in [5, 5.41) is 1.13. The second kappa shape index (κ2) is 5.76. The summed E-state index contributed by atoms with van der Waals surface area (Å²) in [5.74, 6) is 0.104. The maximum Gasteiger partial charge on any atom is 0.254 e. The second-order valence-electron chi connectivity index (χ2n) is 5.77. The Kier molecular flexibility index (Phi) is 3.46. The number of benzene rings is 1. The van der Waals surface area contributed by atoms with Crippen molar-refractivity contribution in [2.24, 2.45) is 0 Å². The summed E-state index contributed by atoms with van der Waals surface area (Å²) in [7, 11) is 0. The van der Waals surface area contributed by atoms with Crippen LogP contribution in [0.3, 0.4) is 0 Å². The molecule has 0 spiro atoms. The number of aromatic amines is 1. The lowest BCUT2D eigenvalue weighted by molar-refractivity contribution is 0.0747. The Labute approximate surface area is 134 Å². The maximum atomic E-state index is 12.7. The van der Waals surface area contributed by atoms with E-state index < -0.39 is 0 Å². The van der Waals surface area contributed by atoms with E-state index in [0.717, 1.165) is 48.3 Å². The minimum absolute atomic E-state index is 0.104. The summed E-state index contributed by atoms with van der Waals surface area (Å²) in [6.07, 6.45) is 5.54. The monoisotopic (exact) mass is 306 g/mol. The first-order valence-electron chi connectivity index (χ1n) is 7.83. The highest BCUT2D eigenvalue weighted by molar-refractivity contribution is 5.98. The molecule has 1 amide bonds. The largest absolute Gasteiger partial charge is 0.367 e. The van der Waals surface area contributed by atoms with Crippen LogP contribution in [-0.4, -0.2) is 47.0 Å². The number of carbonyl (C=O) groups is 1. The molecule has 5 nitrogen and oxygen atoms in total. The molecule has 0 unspecified atom stereocenters. The van der Waals surface area contributed by atoms with Crippen LogP contribution >= 0.6 is 0 Å². The van der Waals surface area contributed by atoms with Gasteiger partial charge in [-0.25, -0.2) is 0 Å². The van der Waals surface area contributed by atoms with Crippen molar-refractivity contribution in [3.63, 3.8) is 0 Å². The van der Waals surface area contributed by atoms with Gasteiger partial charge in [0, 0.05) is 49.7 Å². The van der Waals surface area contributed by atoms with Crippen LogP contribution in [0.5, 0.6) is 0 Å². The quantitative estimate of drug-likeness (QED) is 0.791. The van der Waals surface area contributed by atoms with E-state index in [0.29, 0.717) is 0 Å². The molecule has 0 saturated carbocycles. The van der Waals surface area contributed by atoms with Crippen LogP contribution in [0.15, 0.2) is 55.0 Å². The van der Waals surface area contributed by atoms with E-state index >= 15 is 0 Å². The Morgan fingerprint density at radius 2 is 1.96 bits per heavy atom. The lowest BCUT2D eigenvalue weighted by Gasteiger charge is -2.36. The number of hydrogen-bond acceptors (Lipinski definition) is 3. The van der Waals surface area contributed by atoms with E-state index in [2.05, 4.69) is 20.9 Å². The van der Waals surface area contributed by atoms with Crippen LogP contribution in [0.2, 0.25) is 0 Å². The highest BCUT2D eigenvalue weighted by Gasteiger charge is 2.22. The van der Waals surface area contributed by atoms with Gasteiger partial charge >= 0.3 is 0 Å². The molecule has 1 aliphatic rings. The van der Waals surface area contributed by atoms with Gasteiger partial charge in [-0.15, -0.1) is 0 Å². The van der Waals surface area contributed by atoms with Crippen LogP contribution in [0.4, 0.5) is 5.69 Å². The number of amides is 1. The van der Waals surface area contributed by atoms with Crippen LogP contribution in [-0.2, 0) is 0 Å². The number of H-pyrrole nitrogens is 1. The summed E-state index contributed by atoms with van der Waals surface area (Å²) >= 11 is 0. The van der Waals surface area contributed by atoms with Gasteiger partial charge in [0.2, 0.25) is 0 Å². The van der Waals surface area contributed by atoms with Gasteiger partial charge in [-0.3, -0.25) is 9.78 Å². The number of pyridine rings is 1. The maximum absolute atomic E-state index is 12.7. The van der Waals surface area contributed by atoms with Crippen LogP contribution in [0.1, 0.15) is 10.4 Å². The Bertz CT molecular complexity index is 819. The average molecular weight is 306 g/mol. The smallest absolute Gasteiger partial charge is 0.254 e. The standard InChI is InChI=1S/C18H18N4O/c23-18(15-4-3-14-5-7-20-17(14)12-15)22-10-8-21(9-11-22)16-2-1-6-19-13-16/h1-7,12-13,20H,8-11H2. The SMILES string of the molecule is O=C(c1ccc2cc[nH]c2c1)N1CCN(c2cccnc2)CC1. The number of piperazine rings is 1. The lowest BCUT2D eigenvalue weighted by atomic mass is 10.1. The minimum atomic E-state index is 0.104. The van der Waals surface area contributed by atoms with Crippen molar-refractivity contribution in [2.75, 3.05) is 31.1 Å². The molecule has 23 heavy (non-hydrogen) atoms. The van der Waals surface area contributed by atoms with Crippen molar-refractivity contribution in [3.05, 3.63) is 60.6 Å². The fourth-order valence-corrected chi connectivity index (χ4v) is 3.07. The third-order valence-corrected chi connectivity index (χ3v) is 4.38. The summed E-state index contributed by atoms with van der Waals surface area (Å²) in [6.45, 7) is 3.14. The number of rotatable bonds is 2. The van der Waals surface area contributed by atoms with E-state index in [1.807, 2.05) is 47.6 Å². The number of carbonyl (C=O) groups excluding carboxylic acids is 1.